The van der Waals surface area contributed by atoms with Crippen LogP contribution in [0.15, 0.2) is 77.7 Å². The third-order valence-corrected chi connectivity index (χ3v) is 6.96. The number of hydrogen-bond acceptors (Lipinski definition) is 3. The van der Waals surface area contributed by atoms with Crippen molar-refractivity contribution in [3.8, 4) is 6.07 Å². The highest BCUT2D eigenvalue weighted by Crippen LogP contribution is 2.44. The number of para-hydroxylation sites is 1. The maximum absolute atomic E-state index is 9.38. The summed E-state index contributed by atoms with van der Waals surface area (Å²) in [6, 6.07) is 19.3. The smallest absolute Gasteiger partial charge is 0.265 e. The van der Waals surface area contributed by atoms with Gasteiger partial charge in [-0.1, -0.05) is 36.4 Å². The van der Waals surface area contributed by atoms with Crippen molar-refractivity contribution in [3.63, 3.8) is 0 Å². The van der Waals surface area contributed by atoms with Gasteiger partial charge < -0.3 is 9.64 Å². The molecule has 2 aromatic carbocycles. The molecule has 164 valence electrons. The second kappa shape index (κ2) is 9.00. The number of rotatable bonds is 3. The summed E-state index contributed by atoms with van der Waals surface area (Å²) in [5, 5.41) is 9.38. The first-order valence-corrected chi connectivity index (χ1v) is 11.7. The molecule has 33 heavy (non-hydrogen) atoms. The Morgan fingerprint density at radius 1 is 1.06 bits per heavy atom. The van der Waals surface area contributed by atoms with Crippen molar-refractivity contribution in [2.75, 3.05) is 11.4 Å². The Hall–Kier alpha value is -3.76. The Morgan fingerprint density at radius 3 is 2.61 bits per heavy atom. The summed E-state index contributed by atoms with van der Waals surface area (Å²) in [6.07, 6.45) is 13.1. The van der Waals surface area contributed by atoms with E-state index in [2.05, 4.69) is 70.4 Å². The molecule has 0 aromatic heterocycles. The van der Waals surface area contributed by atoms with Gasteiger partial charge in [0.15, 0.2) is 0 Å². The van der Waals surface area contributed by atoms with Crippen LogP contribution in [0.1, 0.15) is 49.7 Å². The van der Waals surface area contributed by atoms with Gasteiger partial charge in [0.2, 0.25) is 0 Å². The van der Waals surface area contributed by atoms with Crippen molar-refractivity contribution in [1.29, 1.82) is 5.26 Å². The van der Waals surface area contributed by atoms with E-state index in [1.165, 1.54) is 16.9 Å². The predicted octanol–water partition coefficient (Wildman–Crippen LogP) is 7.10. The van der Waals surface area contributed by atoms with Gasteiger partial charge in [0.1, 0.15) is 11.4 Å². The molecule has 2 aliphatic heterocycles. The molecule has 1 saturated carbocycles. The minimum absolute atomic E-state index is 0.182. The van der Waals surface area contributed by atoms with E-state index in [-0.39, 0.29) is 11.3 Å². The second-order valence-electron chi connectivity index (χ2n) is 9.12. The first kappa shape index (κ1) is 21.1. The Morgan fingerprint density at radius 2 is 1.85 bits per heavy atom. The molecule has 1 aliphatic carbocycles. The average molecular weight is 434 g/mol. The fourth-order valence-corrected chi connectivity index (χ4v) is 5.33. The lowest BCUT2D eigenvalue weighted by atomic mass is 9.88. The van der Waals surface area contributed by atoms with E-state index in [1.54, 1.807) is 0 Å². The maximum Gasteiger partial charge on any atom is 0.265 e. The van der Waals surface area contributed by atoms with Crippen LogP contribution >= 0.6 is 0 Å². The minimum atomic E-state index is -0.262. The molecule has 3 aliphatic rings. The molecule has 0 amide bonds. The van der Waals surface area contributed by atoms with E-state index < -0.39 is 0 Å². The van der Waals surface area contributed by atoms with Gasteiger partial charge in [0.25, 0.3) is 5.70 Å². The molecule has 5 rings (SSSR count). The number of aryl methyl sites for hydroxylation is 1. The number of benzene rings is 2. The number of nitriles is 1. The van der Waals surface area contributed by atoms with Crippen LogP contribution in [0.25, 0.3) is 10.9 Å². The molecule has 0 saturated heterocycles. The number of ether oxygens (including phenoxy) is 1. The highest BCUT2D eigenvalue weighted by Gasteiger charge is 2.39. The van der Waals surface area contributed by atoms with E-state index in [4.69, 9.17) is 11.3 Å². The van der Waals surface area contributed by atoms with E-state index in [0.717, 1.165) is 62.0 Å². The molecular formula is C29H27N3O. The van der Waals surface area contributed by atoms with Gasteiger partial charge in [-0.2, -0.15) is 0 Å². The van der Waals surface area contributed by atoms with Crippen molar-refractivity contribution in [2.24, 2.45) is 0 Å². The molecule has 4 heteroatoms. The third-order valence-electron chi connectivity index (χ3n) is 6.96. The van der Waals surface area contributed by atoms with Crippen molar-refractivity contribution < 1.29 is 4.74 Å². The van der Waals surface area contributed by atoms with Crippen LogP contribution < -0.4 is 4.90 Å². The fraction of sp³-hybridized carbons (Fsp3) is 0.310. The van der Waals surface area contributed by atoms with Crippen molar-refractivity contribution >= 4 is 17.5 Å². The molecule has 0 bridgehead atoms. The first-order chi connectivity index (χ1) is 16.2. The Labute approximate surface area is 195 Å². The average Bonchev–Trinajstić information content (AvgIpc) is 3.30. The number of hydrogen-bond donors (Lipinski definition) is 0. The summed E-state index contributed by atoms with van der Waals surface area (Å²) in [4.78, 5) is 5.84. The predicted molar refractivity (Wildman–Crippen MR) is 131 cm³/mol. The highest BCUT2D eigenvalue weighted by atomic mass is 16.5. The number of fused-ring (bicyclic) bond motifs is 1. The van der Waals surface area contributed by atoms with Gasteiger partial charge >= 0.3 is 0 Å². The zero-order chi connectivity index (χ0) is 22.7. The van der Waals surface area contributed by atoms with Crippen LogP contribution in [0.3, 0.4) is 0 Å². The largest absolute Gasteiger partial charge is 0.487 e. The molecule has 2 heterocycles. The molecular weight excluding hydrogens is 406 g/mol. The van der Waals surface area contributed by atoms with Crippen LogP contribution in [0.5, 0.6) is 0 Å². The van der Waals surface area contributed by atoms with Crippen LogP contribution in [-0.2, 0) is 11.2 Å². The van der Waals surface area contributed by atoms with E-state index >= 15 is 0 Å². The zero-order valence-electron chi connectivity index (χ0n) is 18.8. The Balaban J connectivity index is 1.38. The highest BCUT2D eigenvalue weighted by molar-refractivity contribution is 5.69. The molecule has 1 spiro atoms. The van der Waals surface area contributed by atoms with Crippen molar-refractivity contribution in [3.05, 3.63) is 100 Å². The number of allylic oxidation sites excluding steroid dienone is 3. The quantitative estimate of drug-likeness (QED) is 0.383. The minimum Gasteiger partial charge on any atom is -0.487 e. The summed E-state index contributed by atoms with van der Waals surface area (Å²) >= 11 is 0. The Kier molecular flexibility index (Phi) is 5.76. The maximum atomic E-state index is 9.38. The zero-order valence-corrected chi connectivity index (χ0v) is 18.8. The summed E-state index contributed by atoms with van der Waals surface area (Å²) in [5.74, 6) is 0.739. The lowest BCUT2D eigenvalue weighted by Gasteiger charge is -2.35. The topological polar surface area (TPSA) is 40.6 Å². The normalized spacial score (nSPS) is 20.5. The van der Waals surface area contributed by atoms with Crippen molar-refractivity contribution in [1.82, 2.24) is 0 Å². The summed E-state index contributed by atoms with van der Waals surface area (Å²) in [5.41, 5.74) is 5.74. The van der Waals surface area contributed by atoms with E-state index in [9.17, 15) is 5.26 Å². The molecule has 0 atom stereocenters. The van der Waals surface area contributed by atoms with Gasteiger partial charge in [-0.25, -0.2) is 10.1 Å². The van der Waals surface area contributed by atoms with Crippen LogP contribution in [0.2, 0.25) is 0 Å². The first-order valence-electron chi connectivity index (χ1n) is 11.7. The lowest BCUT2D eigenvalue weighted by molar-refractivity contribution is 0.00776. The number of anilines is 2. The molecule has 0 N–H and O–H groups in total. The second-order valence-corrected chi connectivity index (χ2v) is 9.12. The monoisotopic (exact) mass is 433 g/mol. The SMILES string of the molecule is [C-]#[N+]/C(C#N)=C1C=C(/C=C/c2ccc(N3CCCc4ccccc43)cc2)OC2(CCCC2)C\1. The van der Waals surface area contributed by atoms with Crippen LogP contribution in [0, 0.1) is 17.9 Å². The van der Waals surface area contributed by atoms with Crippen LogP contribution in [-0.4, -0.2) is 12.1 Å². The molecule has 0 radical (unpaired) electrons. The lowest BCUT2D eigenvalue weighted by Crippen LogP contribution is -2.31. The van der Waals surface area contributed by atoms with Gasteiger partial charge in [0, 0.05) is 24.3 Å². The van der Waals surface area contributed by atoms with Gasteiger partial charge in [-0.3, -0.25) is 0 Å². The molecule has 0 unspecified atom stereocenters. The standard InChI is InChI=1S/C29H27N3O/c1-31-27(21-30)24-19-26(33-29(20-24)16-4-5-17-29)15-12-22-10-13-25(14-11-22)32-18-6-8-23-7-2-3-9-28(23)32/h2-3,7,9-15,19H,4-6,8,16-18,20H2/b15-12+,27-24+. The molecule has 1 fully saturated rings. The Bertz CT molecular complexity index is 1200. The van der Waals surface area contributed by atoms with Gasteiger partial charge in [0.05, 0.1) is 12.6 Å². The van der Waals surface area contributed by atoms with E-state index in [1.807, 2.05) is 12.2 Å². The molecule has 2 aromatic rings. The van der Waals surface area contributed by atoms with Crippen LogP contribution in [0.4, 0.5) is 11.4 Å². The third kappa shape index (κ3) is 4.30. The van der Waals surface area contributed by atoms with Gasteiger partial charge in [-0.05, 0) is 85.6 Å². The van der Waals surface area contributed by atoms with Crippen molar-refractivity contribution in [2.45, 2.75) is 50.5 Å². The van der Waals surface area contributed by atoms with Gasteiger partial charge in [-0.15, -0.1) is 0 Å². The summed E-state index contributed by atoms with van der Waals surface area (Å²) in [7, 11) is 0. The van der Waals surface area contributed by atoms with E-state index in [0.29, 0.717) is 6.42 Å². The summed E-state index contributed by atoms with van der Waals surface area (Å²) < 4.78 is 6.40. The number of nitrogens with zero attached hydrogens (tertiary/aromatic N) is 3. The molecule has 4 nitrogen and oxygen atoms in total. The summed E-state index contributed by atoms with van der Waals surface area (Å²) in [6.45, 7) is 8.39. The fourth-order valence-electron chi connectivity index (χ4n) is 5.33.